The summed E-state index contributed by atoms with van der Waals surface area (Å²) >= 11 is 0. The molecule has 0 fully saturated rings. The van der Waals surface area contributed by atoms with Gasteiger partial charge in [0.15, 0.2) is 0 Å². The second-order valence-electron chi connectivity index (χ2n) is 6.99. The monoisotopic (exact) mass is 425 g/mol. The fourth-order valence-corrected chi connectivity index (χ4v) is 2.54. The summed E-state index contributed by atoms with van der Waals surface area (Å²) in [4.78, 5) is 15.9. The summed E-state index contributed by atoms with van der Waals surface area (Å²) < 4.78 is 15.4. The zero-order chi connectivity index (χ0) is 23.2. The van der Waals surface area contributed by atoms with Gasteiger partial charge in [-0.1, -0.05) is 42.5 Å². The van der Waals surface area contributed by atoms with Gasteiger partial charge in [-0.2, -0.15) is 5.26 Å². The third kappa shape index (κ3) is 9.45. The minimum atomic E-state index is -0.314. The third-order valence-corrected chi connectivity index (χ3v) is 3.92. The van der Waals surface area contributed by atoms with Crippen molar-refractivity contribution in [3.05, 3.63) is 77.5 Å². The van der Waals surface area contributed by atoms with Crippen LogP contribution in [0.4, 0.5) is 0 Å². The van der Waals surface area contributed by atoms with E-state index in [4.69, 9.17) is 19.5 Å². The van der Waals surface area contributed by atoms with Crippen LogP contribution in [0.25, 0.3) is 0 Å². The lowest BCUT2D eigenvalue weighted by molar-refractivity contribution is -0.179. The average molecular weight is 426 g/mol. The van der Waals surface area contributed by atoms with E-state index in [2.05, 4.69) is 0 Å². The van der Waals surface area contributed by atoms with Crippen LogP contribution in [0.1, 0.15) is 15.9 Å². The first-order chi connectivity index (χ1) is 14.8. The van der Waals surface area contributed by atoms with E-state index < -0.39 is 0 Å². The average Bonchev–Trinajstić information content (AvgIpc) is 2.77. The van der Waals surface area contributed by atoms with E-state index in [-0.39, 0.29) is 17.8 Å². The van der Waals surface area contributed by atoms with Crippen LogP contribution >= 0.6 is 0 Å². The molecule has 0 aromatic heterocycles. The number of hydrogen-bond acceptors (Lipinski definition) is 7. The van der Waals surface area contributed by atoms with Crippen molar-refractivity contribution in [2.75, 3.05) is 42.4 Å². The summed E-state index contributed by atoms with van der Waals surface area (Å²) in [7, 11) is 10.5. The Kier molecular flexibility index (Phi) is 11.6. The number of carbonyl (C=O) groups excluding carboxylic acids is 1. The van der Waals surface area contributed by atoms with E-state index in [1.807, 2.05) is 55.4 Å². The molecule has 0 radical (unpaired) electrons. The molecule has 0 N–H and O–H groups in total. The Morgan fingerprint density at radius 3 is 2.16 bits per heavy atom. The first-order valence-corrected chi connectivity index (χ1v) is 9.64. The zero-order valence-electron chi connectivity index (χ0n) is 19.0. The van der Waals surface area contributed by atoms with Crippen molar-refractivity contribution < 1.29 is 19.0 Å². The van der Waals surface area contributed by atoms with Crippen LogP contribution in [0.2, 0.25) is 0 Å². The number of nitriles is 1. The topological polar surface area (TPSA) is 75.0 Å². The van der Waals surface area contributed by atoms with Crippen molar-refractivity contribution in [2.45, 2.75) is 13.0 Å². The minimum Gasteiger partial charge on any atom is -0.489 e. The zero-order valence-corrected chi connectivity index (χ0v) is 19.0. The van der Waals surface area contributed by atoms with Gasteiger partial charge in [0.05, 0.1) is 0 Å². The SMILES string of the molecule is CN(C)C=C(C#N)C(=O)c1cccc(OCc2ccccc2)c1.COC(OC)N(C)C. The molecule has 2 rings (SSSR count). The van der Waals surface area contributed by atoms with Crippen molar-refractivity contribution in [3.8, 4) is 11.8 Å². The Morgan fingerprint density at radius 1 is 1.03 bits per heavy atom. The van der Waals surface area contributed by atoms with Crippen molar-refractivity contribution in [2.24, 2.45) is 0 Å². The molecule has 0 saturated carbocycles. The number of Topliss-reactive ketones (excluding diaryl/α,β-unsaturated/α-hetero) is 1. The molecular weight excluding hydrogens is 394 g/mol. The second-order valence-corrected chi connectivity index (χ2v) is 6.99. The Balaban J connectivity index is 0.000000512. The van der Waals surface area contributed by atoms with E-state index >= 15 is 0 Å². The van der Waals surface area contributed by atoms with Gasteiger partial charge >= 0.3 is 0 Å². The Labute approximate surface area is 185 Å². The molecule has 0 aliphatic carbocycles. The van der Waals surface area contributed by atoms with Crippen molar-refractivity contribution in [1.82, 2.24) is 9.80 Å². The van der Waals surface area contributed by atoms with Crippen molar-refractivity contribution >= 4 is 5.78 Å². The van der Waals surface area contributed by atoms with Gasteiger partial charge in [0.25, 0.3) is 0 Å². The molecule has 2 aromatic carbocycles. The van der Waals surface area contributed by atoms with Gasteiger partial charge in [-0.3, -0.25) is 9.69 Å². The quantitative estimate of drug-likeness (QED) is 0.263. The predicted octanol–water partition coefficient (Wildman–Crippen LogP) is 3.54. The van der Waals surface area contributed by atoms with Crippen LogP contribution in [-0.2, 0) is 16.1 Å². The summed E-state index contributed by atoms with van der Waals surface area (Å²) in [6.07, 6.45) is 1.30. The molecule has 0 amide bonds. The summed E-state index contributed by atoms with van der Waals surface area (Å²) in [6, 6.07) is 18.6. The molecule has 0 atom stereocenters. The number of rotatable bonds is 9. The second kappa shape index (κ2) is 13.9. The van der Waals surface area contributed by atoms with Gasteiger partial charge in [0.1, 0.15) is 24.0 Å². The molecule has 0 saturated heterocycles. The highest BCUT2D eigenvalue weighted by molar-refractivity contribution is 6.11. The number of hydrogen-bond donors (Lipinski definition) is 0. The highest BCUT2D eigenvalue weighted by atomic mass is 16.7. The molecule has 0 spiro atoms. The van der Waals surface area contributed by atoms with Gasteiger partial charge in [-0.05, 0) is 31.8 Å². The molecule has 166 valence electrons. The van der Waals surface area contributed by atoms with Gasteiger partial charge in [-0.15, -0.1) is 0 Å². The van der Waals surface area contributed by atoms with Crippen LogP contribution in [0.3, 0.4) is 0 Å². The van der Waals surface area contributed by atoms with Crippen LogP contribution in [0, 0.1) is 11.3 Å². The number of nitrogens with zero attached hydrogens (tertiary/aromatic N) is 3. The number of carbonyl (C=O) groups is 1. The molecule has 0 aliphatic heterocycles. The fraction of sp³-hybridized carbons (Fsp3) is 0.333. The highest BCUT2D eigenvalue weighted by Crippen LogP contribution is 2.18. The normalized spacial score (nSPS) is 10.9. The first kappa shape index (κ1) is 25.9. The number of allylic oxidation sites excluding steroid dienone is 1. The molecule has 7 nitrogen and oxygen atoms in total. The lowest BCUT2D eigenvalue weighted by Gasteiger charge is -2.19. The van der Waals surface area contributed by atoms with Crippen LogP contribution in [0.15, 0.2) is 66.4 Å². The van der Waals surface area contributed by atoms with Crippen LogP contribution in [-0.4, -0.2) is 64.4 Å². The molecular formula is C24H31N3O4. The Morgan fingerprint density at radius 2 is 1.68 bits per heavy atom. The van der Waals surface area contributed by atoms with E-state index in [0.717, 1.165) is 5.56 Å². The van der Waals surface area contributed by atoms with Gasteiger partial charge < -0.3 is 19.1 Å². The van der Waals surface area contributed by atoms with E-state index in [0.29, 0.717) is 17.9 Å². The smallest absolute Gasteiger partial charge is 0.217 e. The maximum Gasteiger partial charge on any atom is 0.217 e. The summed E-state index contributed by atoms with van der Waals surface area (Å²) in [5.41, 5.74) is 1.58. The molecule has 0 unspecified atom stereocenters. The first-order valence-electron chi connectivity index (χ1n) is 9.64. The van der Waals surface area contributed by atoms with Gasteiger partial charge in [0, 0.05) is 40.1 Å². The van der Waals surface area contributed by atoms with Gasteiger partial charge in [0.2, 0.25) is 12.2 Å². The lowest BCUT2D eigenvalue weighted by atomic mass is 10.0. The third-order valence-electron chi connectivity index (χ3n) is 3.92. The number of ether oxygens (including phenoxy) is 3. The van der Waals surface area contributed by atoms with E-state index in [1.165, 1.54) is 6.20 Å². The summed E-state index contributed by atoms with van der Waals surface area (Å²) in [6.45, 7) is 0.428. The molecule has 31 heavy (non-hydrogen) atoms. The van der Waals surface area contributed by atoms with Gasteiger partial charge in [-0.25, -0.2) is 0 Å². The molecule has 7 heteroatoms. The van der Waals surface area contributed by atoms with E-state index in [9.17, 15) is 4.79 Å². The van der Waals surface area contributed by atoms with Crippen molar-refractivity contribution in [1.29, 1.82) is 5.26 Å². The summed E-state index contributed by atoms with van der Waals surface area (Å²) in [5.74, 6) is 0.285. The number of benzene rings is 2. The maximum absolute atomic E-state index is 12.4. The lowest BCUT2D eigenvalue weighted by Crippen LogP contribution is -2.30. The molecule has 0 bridgehead atoms. The fourth-order valence-electron chi connectivity index (χ4n) is 2.54. The molecule has 0 aliphatic rings. The van der Waals surface area contributed by atoms with Crippen LogP contribution in [0.5, 0.6) is 5.75 Å². The predicted molar refractivity (Wildman–Crippen MR) is 120 cm³/mol. The Bertz CT molecular complexity index is 870. The van der Waals surface area contributed by atoms with E-state index in [1.54, 1.807) is 57.5 Å². The van der Waals surface area contributed by atoms with Crippen LogP contribution < -0.4 is 4.74 Å². The number of methoxy groups -OCH3 is 2. The van der Waals surface area contributed by atoms with Crippen molar-refractivity contribution in [3.63, 3.8) is 0 Å². The maximum atomic E-state index is 12.4. The largest absolute Gasteiger partial charge is 0.489 e. The molecule has 2 aromatic rings. The standard InChI is InChI=1S/C19H18N2O2.C5H13NO2/c1-21(2)13-17(12-20)19(22)16-9-6-10-18(11-16)23-14-15-7-4-3-5-8-15;1-6(2)5(7-3)8-4/h3-11,13H,14H2,1-2H3;5H,1-4H3. The summed E-state index contributed by atoms with van der Waals surface area (Å²) in [5, 5.41) is 9.13. The Hall–Kier alpha value is -3.18. The molecule has 0 heterocycles. The highest BCUT2D eigenvalue weighted by Gasteiger charge is 2.13. The minimum absolute atomic E-state index is 0.0928. The number of ketones is 1.